The minimum atomic E-state index is -3.24. The lowest BCUT2D eigenvalue weighted by Crippen LogP contribution is -2.35. The minimum Gasteiger partial charge on any atom is -0.377 e. The van der Waals surface area contributed by atoms with Gasteiger partial charge in [0.25, 0.3) is 0 Å². The van der Waals surface area contributed by atoms with Crippen molar-refractivity contribution in [1.29, 1.82) is 0 Å². The molecule has 4 nitrogen and oxygen atoms in total. The topological polar surface area (TPSA) is 55.4 Å². The maximum Gasteiger partial charge on any atom is 0.182 e. The van der Waals surface area contributed by atoms with E-state index in [4.69, 9.17) is 4.74 Å². The maximum atomic E-state index is 12.3. The fraction of sp³-hybridized carbons (Fsp3) is 0.571. The summed E-state index contributed by atoms with van der Waals surface area (Å²) in [6, 6.07) is 8.61. The summed E-state index contributed by atoms with van der Waals surface area (Å²) in [5, 5.41) is 2.76. The van der Waals surface area contributed by atoms with Crippen molar-refractivity contribution in [2.24, 2.45) is 0 Å². The number of hydrogen-bond acceptors (Lipinski definition) is 4. The van der Waals surface area contributed by atoms with Crippen molar-refractivity contribution in [3.63, 3.8) is 0 Å². The summed E-state index contributed by atoms with van der Waals surface area (Å²) in [6.45, 7) is 3.75. The quantitative estimate of drug-likeness (QED) is 0.862. The summed E-state index contributed by atoms with van der Waals surface area (Å²) >= 11 is 0. The highest BCUT2D eigenvalue weighted by Gasteiger charge is 2.23. The molecule has 1 aliphatic rings. The Labute approximate surface area is 115 Å². The molecule has 1 saturated heterocycles. The Balaban J connectivity index is 1.86. The van der Waals surface area contributed by atoms with Gasteiger partial charge in [0.15, 0.2) is 9.84 Å². The molecule has 0 spiro atoms. The van der Waals surface area contributed by atoms with E-state index >= 15 is 0 Å². The van der Waals surface area contributed by atoms with Crippen molar-refractivity contribution in [2.45, 2.75) is 36.0 Å². The summed E-state index contributed by atoms with van der Waals surface area (Å²) in [4.78, 5) is 0.390. The van der Waals surface area contributed by atoms with E-state index in [0.717, 1.165) is 26.0 Å². The van der Waals surface area contributed by atoms with Crippen molar-refractivity contribution in [2.75, 3.05) is 19.7 Å². The van der Waals surface area contributed by atoms with Crippen LogP contribution in [0, 0.1) is 0 Å². The van der Waals surface area contributed by atoms with Gasteiger partial charge in [0, 0.05) is 19.7 Å². The summed E-state index contributed by atoms with van der Waals surface area (Å²) in [6.07, 6.45) is 2.41. The lowest BCUT2D eigenvalue weighted by molar-refractivity contribution is 0.110. The van der Waals surface area contributed by atoms with E-state index in [-0.39, 0.29) is 6.10 Å². The first kappa shape index (κ1) is 14.5. The second-order valence-corrected chi connectivity index (χ2v) is 7.33. The molecule has 0 aliphatic carbocycles. The van der Waals surface area contributed by atoms with Crippen molar-refractivity contribution < 1.29 is 13.2 Å². The Bertz CT molecular complexity index is 481. The molecule has 1 aromatic rings. The van der Waals surface area contributed by atoms with Gasteiger partial charge < -0.3 is 10.1 Å². The highest BCUT2D eigenvalue weighted by Crippen LogP contribution is 2.15. The number of ether oxygens (including phenoxy) is 1. The Hall–Kier alpha value is -0.910. The Morgan fingerprint density at radius 3 is 2.74 bits per heavy atom. The third-order valence-electron chi connectivity index (χ3n) is 3.43. The number of hydrogen-bond donors (Lipinski definition) is 1. The molecule has 1 aliphatic heterocycles. The average molecular weight is 283 g/mol. The highest BCUT2D eigenvalue weighted by molar-refractivity contribution is 7.92. The van der Waals surface area contributed by atoms with Crippen molar-refractivity contribution in [3.8, 4) is 0 Å². The summed E-state index contributed by atoms with van der Waals surface area (Å²) in [7, 11) is -3.24. The summed E-state index contributed by atoms with van der Waals surface area (Å²) in [5.74, 6) is 0. The van der Waals surface area contributed by atoms with Crippen LogP contribution in [0.2, 0.25) is 0 Å². The smallest absolute Gasteiger partial charge is 0.182 e. The molecule has 0 radical (unpaired) electrons. The van der Waals surface area contributed by atoms with E-state index in [9.17, 15) is 8.42 Å². The van der Waals surface area contributed by atoms with Crippen LogP contribution in [0.3, 0.4) is 0 Å². The summed E-state index contributed by atoms with van der Waals surface area (Å²) in [5.41, 5.74) is 0. The fourth-order valence-electron chi connectivity index (χ4n) is 2.21. The van der Waals surface area contributed by atoms with Crippen molar-refractivity contribution >= 4 is 9.84 Å². The van der Waals surface area contributed by atoms with Gasteiger partial charge in [-0.05, 0) is 31.9 Å². The first-order chi connectivity index (χ1) is 9.10. The van der Waals surface area contributed by atoms with E-state index in [0.29, 0.717) is 11.4 Å². The molecular formula is C14H21NO3S. The molecular weight excluding hydrogens is 262 g/mol. The summed E-state index contributed by atoms with van der Waals surface area (Å²) < 4.78 is 30.1. The number of benzene rings is 1. The molecule has 1 N–H and O–H groups in total. The predicted molar refractivity (Wildman–Crippen MR) is 74.9 cm³/mol. The van der Waals surface area contributed by atoms with Crippen LogP contribution in [-0.4, -0.2) is 39.5 Å². The Morgan fingerprint density at radius 2 is 2.11 bits per heavy atom. The van der Waals surface area contributed by atoms with Crippen LogP contribution in [-0.2, 0) is 14.6 Å². The third-order valence-corrected chi connectivity index (χ3v) is 5.58. The molecule has 0 saturated carbocycles. The highest BCUT2D eigenvalue weighted by atomic mass is 32.2. The first-order valence-electron chi connectivity index (χ1n) is 6.72. The Morgan fingerprint density at radius 1 is 1.37 bits per heavy atom. The van der Waals surface area contributed by atoms with E-state index in [2.05, 4.69) is 5.32 Å². The van der Waals surface area contributed by atoms with Crippen molar-refractivity contribution in [3.05, 3.63) is 30.3 Å². The van der Waals surface area contributed by atoms with Gasteiger partial charge in [0.1, 0.15) is 0 Å². The molecule has 106 valence electrons. The molecule has 5 heteroatoms. The van der Waals surface area contributed by atoms with Crippen LogP contribution in [0.15, 0.2) is 35.2 Å². The normalized spacial score (nSPS) is 21.4. The number of nitrogens with one attached hydrogen (secondary N) is 1. The van der Waals surface area contributed by atoms with E-state index in [1.165, 1.54) is 0 Å². The minimum absolute atomic E-state index is 0.242. The van der Waals surface area contributed by atoms with Crippen LogP contribution >= 0.6 is 0 Å². The van der Waals surface area contributed by atoms with Gasteiger partial charge in [-0.3, -0.25) is 0 Å². The van der Waals surface area contributed by atoms with E-state index < -0.39 is 15.1 Å². The zero-order chi connectivity index (χ0) is 13.7. The standard InChI is InChI=1S/C14H21NO3S/c1-12(10-15-11-13-6-5-9-18-13)19(16,17)14-7-3-2-4-8-14/h2-4,7-8,12-13,15H,5-6,9-11H2,1H3. The van der Waals surface area contributed by atoms with E-state index in [1.807, 2.05) is 6.07 Å². The molecule has 1 fully saturated rings. The molecule has 0 amide bonds. The predicted octanol–water partition coefficient (Wildman–Crippen LogP) is 1.62. The van der Waals surface area contributed by atoms with Gasteiger partial charge in [-0.2, -0.15) is 0 Å². The molecule has 1 aromatic carbocycles. The SMILES string of the molecule is CC(CNCC1CCCO1)S(=O)(=O)c1ccccc1. The monoisotopic (exact) mass is 283 g/mol. The maximum absolute atomic E-state index is 12.3. The lowest BCUT2D eigenvalue weighted by Gasteiger charge is -2.16. The second-order valence-electron chi connectivity index (χ2n) is 4.96. The molecule has 2 unspecified atom stereocenters. The zero-order valence-corrected chi connectivity index (χ0v) is 12.0. The zero-order valence-electron chi connectivity index (χ0n) is 11.2. The molecule has 0 bridgehead atoms. The lowest BCUT2D eigenvalue weighted by atomic mass is 10.2. The number of rotatable bonds is 6. The average Bonchev–Trinajstić information content (AvgIpc) is 2.93. The van der Waals surface area contributed by atoms with Gasteiger partial charge in [-0.15, -0.1) is 0 Å². The van der Waals surface area contributed by atoms with Crippen LogP contribution < -0.4 is 5.32 Å². The van der Waals surface area contributed by atoms with Gasteiger partial charge in [0.05, 0.1) is 16.2 Å². The van der Waals surface area contributed by atoms with Crippen LogP contribution in [0.25, 0.3) is 0 Å². The molecule has 19 heavy (non-hydrogen) atoms. The second kappa shape index (κ2) is 6.50. The molecule has 2 atom stereocenters. The first-order valence-corrected chi connectivity index (χ1v) is 8.26. The van der Waals surface area contributed by atoms with Gasteiger partial charge >= 0.3 is 0 Å². The van der Waals surface area contributed by atoms with Gasteiger partial charge in [0.2, 0.25) is 0 Å². The van der Waals surface area contributed by atoms with E-state index in [1.54, 1.807) is 31.2 Å². The van der Waals surface area contributed by atoms with Gasteiger partial charge in [-0.25, -0.2) is 8.42 Å². The van der Waals surface area contributed by atoms with Crippen LogP contribution in [0.1, 0.15) is 19.8 Å². The molecule has 0 aromatic heterocycles. The van der Waals surface area contributed by atoms with Crippen LogP contribution in [0.4, 0.5) is 0 Å². The largest absolute Gasteiger partial charge is 0.377 e. The Kier molecular flexibility index (Phi) is 4.96. The van der Waals surface area contributed by atoms with Crippen LogP contribution in [0.5, 0.6) is 0 Å². The molecule has 1 heterocycles. The van der Waals surface area contributed by atoms with Crippen molar-refractivity contribution in [1.82, 2.24) is 5.32 Å². The number of sulfone groups is 1. The van der Waals surface area contributed by atoms with Gasteiger partial charge in [-0.1, -0.05) is 18.2 Å². The fourth-order valence-corrected chi connectivity index (χ4v) is 3.54. The molecule has 2 rings (SSSR count). The third kappa shape index (κ3) is 3.78.